The molecule has 0 unspecified atom stereocenters. The van der Waals surface area contributed by atoms with Crippen molar-refractivity contribution < 1.29 is 9.59 Å². The largest absolute Gasteiger partial charge is 0.351 e. The summed E-state index contributed by atoms with van der Waals surface area (Å²) < 4.78 is 0. The van der Waals surface area contributed by atoms with Gasteiger partial charge >= 0.3 is 6.03 Å². The average molecular weight is 367 g/mol. The van der Waals surface area contributed by atoms with Crippen LogP contribution >= 0.6 is 22.9 Å². The van der Waals surface area contributed by atoms with Gasteiger partial charge in [0.1, 0.15) is 4.88 Å². The van der Waals surface area contributed by atoms with Crippen molar-refractivity contribution >= 4 is 45.7 Å². The molecule has 0 aliphatic carbocycles. The second-order valence-electron chi connectivity index (χ2n) is 5.62. The molecule has 3 N–H and O–H groups in total. The summed E-state index contributed by atoms with van der Waals surface area (Å²) in [5.74, 6) is 0.190. The third-order valence-corrected chi connectivity index (χ3v) is 4.32. The number of halogens is 1. The lowest BCUT2D eigenvalue weighted by atomic mass is 10.2. The molecule has 1 aromatic carbocycles. The minimum Gasteiger partial charge on any atom is -0.351 e. The van der Waals surface area contributed by atoms with Crippen LogP contribution in [0.15, 0.2) is 24.3 Å². The van der Waals surface area contributed by atoms with E-state index in [1.165, 1.54) is 0 Å². The molecule has 0 saturated carbocycles. The molecule has 6 nitrogen and oxygen atoms in total. The van der Waals surface area contributed by atoms with Gasteiger partial charge in [-0.15, -0.1) is 0 Å². The predicted octanol–water partition coefficient (Wildman–Crippen LogP) is 4.13. The van der Waals surface area contributed by atoms with Crippen molar-refractivity contribution in [2.75, 3.05) is 17.2 Å². The van der Waals surface area contributed by atoms with E-state index >= 15 is 0 Å². The van der Waals surface area contributed by atoms with Crippen LogP contribution in [0.3, 0.4) is 0 Å². The smallest absolute Gasteiger partial charge is 0.325 e. The Kier molecular flexibility index (Phi) is 6.16. The molecule has 1 aromatic heterocycles. The number of hydrogen-bond acceptors (Lipinski definition) is 4. The molecule has 0 bridgehead atoms. The zero-order chi connectivity index (χ0) is 17.7. The van der Waals surface area contributed by atoms with Gasteiger partial charge in [-0.25, -0.2) is 9.78 Å². The van der Waals surface area contributed by atoms with Crippen LogP contribution in [0.25, 0.3) is 0 Å². The first-order valence-electron chi connectivity index (χ1n) is 7.44. The number of aryl methyl sites for hydroxylation is 1. The van der Waals surface area contributed by atoms with Crippen molar-refractivity contribution in [3.05, 3.63) is 39.9 Å². The molecule has 24 heavy (non-hydrogen) atoms. The maximum atomic E-state index is 12.1. The number of urea groups is 1. The van der Waals surface area contributed by atoms with Crippen molar-refractivity contribution in [2.24, 2.45) is 5.92 Å². The number of carbonyl (C=O) groups excluding carboxylic acids is 2. The SMILES string of the molecule is Cc1nc(NC(=O)Nc2ccc(Cl)cc2)sc1C(=O)NCC(C)C. The Morgan fingerprint density at radius 1 is 1.21 bits per heavy atom. The fourth-order valence-corrected chi connectivity index (χ4v) is 2.83. The molecule has 2 rings (SSSR count). The van der Waals surface area contributed by atoms with Crippen molar-refractivity contribution in [1.29, 1.82) is 0 Å². The minimum atomic E-state index is -0.430. The summed E-state index contributed by atoms with van der Waals surface area (Å²) in [4.78, 5) is 28.8. The van der Waals surface area contributed by atoms with Gasteiger partial charge in [-0.2, -0.15) is 0 Å². The van der Waals surface area contributed by atoms with E-state index in [4.69, 9.17) is 11.6 Å². The third-order valence-electron chi connectivity index (χ3n) is 3.00. The van der Waals surface area contributed by atoms with Crippen LogP contribution in [0, 0.1) is 12.8 Å². The Morgan fingerprint density at radius 2 is 1.88 bits per heavy atom. The van der Waals surface area contributed by atoms with Gasteiger partial charge in [0, 0.05) is 17.3 Å². The van der Waals surface area contributed by atoms with Gasteiger partial charge in [0.15, 0.2) is 5.13 Å². The topological polar surface area (TPSA) is 83.1 Å². The highest BCUT2D eigenvalue weighted by Gasteiger charge is 2.16. The molecule has 0 radical (unpaired) electrons. The summed E-state index contributed by atoms with van der Waals surface area (Å²) >= 11 is 6.94. The Balaban J connectivity index is 1.97. The van der Waals surface area contributed by atoms with Crippen LogP contribution in [-0.2, 0) is 0 Å². The Labute approximate surface area is 149 Å². The molecule has 1 heterocycles. The van der Waals surface area contributed by atoms with Gasteiger partial charge < -0.3 is 10.6 Å². The van der Waals surface area contributed by atoms with E-state index in [-0.39, 0.29) is 5.91 Å². The van der Waals surface area contributed by atoms with E-state index in [1.807, 2.05) is 13.8 Å². The lowest BCUT2D eigenvalue weighted by Crippen LogP contribution is -2.27. The summed E-state index contributed by atoms with van der Waals surface area (Å²) in [6.45, 7) is 6.38. The zero-order valence-electron chi connectivity index (χ0n) is 13.6. The van der Waals surface area contributed by atoms with E-state index in [0.29, 0.717) is 38.9 Å². The number of carbonyl (C=O) groups is 2. The molecule has 0 saturated heterocycles. The summed E-state index contributed by atoms with van der Waals surface area (Å²) in [6.07, 6.45) is 0. The van der Waals surface area contributed by atoms with Crippen LogP contribution in [0.2, 0.25) is 5.02 Å². The van der Waals surface area contributed by atoms with Gasteiger partial charge in [-0.05, 0) is 37.1 Å². The molecule has 2 aromatic rings. The normalized spacial score (nSPS) is 10.5. The summed E-state index contributed by atoms with van der Waals surface area (Å²) in [5.41, 5.74) is 1.20. The highest BCUT2D eigenvalue weighted by atomic mass is 35.5. The van der Waals surface area contributed by atoms with Crippen molar-refractivity contribution in [3.63, 3.8) is 0 Å². The van der Waals surface area contributed by atoms with Crippen molar-refractivity contribution in [2.45, 2.75) is 20.8 Å². The third kappa shape index (κ3) is 5.21. The number of nitrogens with one attached hydrogen (secondary N) is 3. The molecule has 0 atom stereocenters. The van der Waals surface area contributed by atoms with E-state index in [1.54, 1.807) is 31.2 Å². The number of amides is 3. The Bertz CT molecular complexity index is 728. The maximum absolute atomic E-state index is 12.1. The molecular formula is C16H19ClN4O2S. The molecule has 128 valence electrons. The first-order chi connectivity index (χ1) is 11.3. The van der Waals surface area contributed by atoms with E-state index in [2.05, 4.69) is 20.9 Å². The highest BCUT2D eigenvalue weighted by molar-refractivity contribution is 7.17. The van der Waals surface area contributed by atoms with E-state index in [9.17, 15) is 9.59 Å². The average Bonchev–Trinajstić information content (AvgIpc) is 2.87. The Hall–Kier alpha value is -2.12. The van der Waals surface area contributed by atoms with Crippen LogP contribution in [-0.4, -0.2) is 23.5 Å². The fraction of sp³-hybridized carbons (Fsp3) is 0.312. The highest BCUT2D eigenvalue weighted by Crippen LogP contribution is 2.23. The zero-order valence-corrected chi connectivity index (χ0v) is 15.2. The second-order valence-corrected chi connectivity index (χ2v) is 7.06. The molecular weight excluding hydrogens is 348 g/mol. The van der Waals surface area contributed by atoms with Crippen molar-refractivity contribution in [1.82, 2.24) is 10.3 Å². The molecule has 3 amide bonds. The van der Waals surface area contributed by atoms with E-state index < -0.39 is 6.03 Å². The molecule has 8 heteroatoms. The lowest BCUT2D eigenvalue weighted by molar-refractivity contribution is 0.0952. The maximum Gasteiger partial charge on any atom is 0.325 e. The number of rotatable bonds is 5. The molecule has 0 aliphatic heterocycles. The van der Waals surface area contributed by atoms with Gasteiger partial charge in [-0.1, -0.05) is 36.8 Å². The monoisotopic (exact) mass is 366 g/mol. The second kappa shape index (κ2) is 8.12. The van der Waals surface area contributed by atoms with Crippen molar-refractivity contribution in [3.8, 4) is 0 Å². The number of anilines is 2. The van der Waals surface area contributed by atoms with Gasteiger partial charge in [-0.3, -0.25) is 10.1 Å². The van der Waals surface area contributed by atoms with E-state index in [0.717, 1.165) is 11.3 Å². The van der Waals surface area contributed by atoms with Crippen LogP contribution in [0.1, 0.15) is 29.2 Å². The molecule has 0 spiro atoms. The Morgan fingerprint density at radius 3 is 2.50 bits per heavy atom. The number of hydrogen-bond donors (Lipinski definition) is 3. The van der Waals surface area contributed by atoms with Gasteiger partial charge in [0.25, 0.3) is 5.91 Å². The molecule has 0 fully saturated rings. The lowest BCUT2D eigenvalue weighted by Gasteiger charge is -2.06. The van der Waals surface area contributed by atoms with Crippen LogP contribution in [0.4, 0.5) is 15.6 Å². The summed E-state index contributed by atoms with van der Waals surface area (Å²) in [6, 6.07) is 6.32. The first-order valence-corrected chi connectivity index (χ1v) is 8.64. The summed E-state index contributed by atoms with van der Waals surface area (Å²) in [5, 5.41) is 9.11. The number of thiazole rings is 1. The number of nitrogens with zero attached hydrogens (tertiary/aromatic N) is 1. The van der Waals surface area contributed by atoms with Gasteiger partial charge in [0.2, 0.25) is 0 Å². The van der Waals surface area contributed by atoms with Gasteiger partial charge in [0.05, 0.1) is 5.69 Å². The summed E-state index contributed by atoms with van der Waals surface area (Å²) in [7, 11) is 0. The standard InChI is InChI=1S/C16H19ClN4O2S/c1-9(2)8-18-14(22)13-10(3)19-16(24-13)21-15(23)20-12-6-4-11(17)5-7-12/h4-7,9H,8H2,1-3H3,(H,18,22)(H2,19,20,21,23). The fourth-order valence-electron chi connectivity index (χ4n) is 1.83. The minimum absolute atomic E-state index is 0.176. The number of benzene rings is 1. The first kappa shape index (κ1) is 18.2. The van der Waals surface area contributed by atoms with Crippen LogP contribution < -0.4 is 16.0 Å². The molecule has 0 aliphatic rings. The number of aromatic nitrogens is 1. The van der Waals surface area contributed by atoms with Crippen LogP contribution in [0.5, 0.6) is 0 Å². The predicted molar refractivity (Wildman–Crippen MR) is 98.1 cm³/mol. The quantitative estimate of drug-likeness (QED) is 0.743.